The van der Waals surface area contributed by atoms with E-state index in [9.17, 15) is 0 Å². The largest absolute Gasteiger partial charge is 0.309 e. The van der Waals surface area contributed by atoms with Gasteiger partial charge >= 0.3 is 0 Å². The minimum absolute atomic E-state index is 0.844. The predicted molar refractivity (Wildman–Crippen MR) is 164 cm³/mol. The van der Waals surface area contributed by atoms with E-state index in [1.807, 2.05) is 30.5 Å². The molecule has 3 heterocycles. The summed E-state index contributed by atoms with van der Waals surface area (Å²) >= 11 is 0. The van der Waals surface area contributed by atoms with E-state index in [0.29, 0.717) is 0 Å². The summed E-state index contributed by atoms with van der Waals surface area (Å²) in [6.07, 6.45) is 1.84. The highest BCUT2D eigenvalue weighted by Gasteiger charge is 2.21. The molecule has 0 bridgehead atoms. The van der Waals surface area contributed by atoms with Crippen LogP contribution in [0.1, 0.15) is 0 Å². The van der Waals surface area contributed by atoms with E-state index < -0.39 is 0 Å². The Morgan fingerprint density at radius 2 is 1.18 bits per heavy atom. The second kappa shape index (κ2) is 9.07. The molecule has 5 aromatic carbocycles. The number of aromatic nitrogens is 4. The third-order valence-corrected chi connectivity index (χ3v) is 7.58. The van der Waals surface area contributed by atoms with Crippen LogP contribution in [-0.4, -0.2) is 19.1 Å². The second-order valence-electron chi connectivity index (χ2n) is 9.92. The van der Waals surface area contributed by atoms with Crippen molar-refractivity contribution in [1.29, 1.82) is 0 Å². The molecule has 0 spiro atoms. The van der Waals surface area contributed by atoms with Crippen LogP contribution in [0.5, 0.6) is 0 Å². The third-order valence-electron chi connectivity index (χ3n) is 7.58. The van der Waals surface area contributed by atoms with Gasteiger partial charge in [0.05, 0.1) is 22.1 Å². The standard InChI is InChI=1S/C36H24N4/c1-3-12-25(13-4-1)26-14-11-15-27(24-26)36-38-35-32(40(36)33-20-9-10-23-37-33)22-21-31-34(35)29-18-7-8-19-30(29)39(31)28-16-5-2-6-17-28/h1-24H. The van der Waals surface area contributed by atoms with Gasteiger partial charge < -0.3 is 4.57 Å². The van der Waals surface area contributed by atoms with Gasteiger partial charge in [-0.3, -0.25) is 4.57 Å². The normalized spacial score (nSPS) is 11.5. The van der Waals surface area contributed by atoms with Crippen molar-refractivity contribution in [2.45, 2.75) is 0 Å². The first-order valence-corrected chi connectivity index (χ1v) is 13.4. The summed E-state index contributed by atoms with van der Waals surface area (Å²) in [6.45, 7) is 0. The van der Waals surface area contributed by atoms with E-state index in [1.54, 1.807) is 0 Å². The number of nitrogens with zero attached hydrogens (tertiary/aromatic N) is 4. The molecule has 0 aliphatic heterocycles. The zero-order chi connectivity index (χ0) is 26.5. The fourth-order valence-electron chi connectivity index (χ4n) is 5.83. The molecule has 0 radical (unpaired) electrons. The van der Waals surface area contributed by atoms with Gasteiger partial charge in [-0.15, -0.1) is 0 Å². The molecule has 40 heavy (non-hydrogen) atoms. The number of hydrogen-bond donors (Lipinski definition) is 0. The van der Waals surface area contributed by atoms with Gasteiger partial charge in [-0.05, 0) is 59.7 Å². The van der Waals surface area contributed by atoms with Gasteiger partial charge in [0.15, 0.2) is 0 Å². The highest BCUT2D eigenvalue weighted by atomic mass is 15.1. The monoisotopic (exact) mass is 512 g/mol. The Labute approximate surface area is 231 Å². The third kappa shape index (κ3) is 3.47. The number of fused-ring (bicyclic) bond motifs is 5. The Bertz CT molecular complexity index is 2140. The molecule has 4 heteroatoms. The maximum atomic E-state index is 5.39. The fourth-order valence-corrected chi connectivity index (χ4v) is 5.83. The molecule has 0 aliphatic carbocycles. The second-order valence-corrected chi connectivity index (χ2v) is 9.92. The zero-order valence-electron chi connectivity index (χ0n) is 21.6. The SMILES string of the molecule is c1ccc(-c2cccc(-c3nc4c5c6ccccc6n(-c6ccccc6)c5ccc4n3-c3ccccn3)c2)cc1. The van der Waals surface area contributed by atoms with Crippen molar-refractivity contribution in [2.24, 2.45) is 0 Å². The van der Waals surface area contributed by atoms with Gasteiger partial charge in [0.25, 0.3) is 0 Å². The number of imidazole rings is 1. The average Bonchev–Trinajstić information content (AvgIpc) is 3.59. The Morgan fingerprint density at radius 3 is 2.00 bits per heavy atom. The summed E-state index contributed by atoms with van der Waals surface area (Å²) in [5, 5.41) is 2.33. The van der Waals surface area contributed by atoms with Crippen LogP contribution in [0.3, 0.4) is 0 Å². The van der Waals surface area contributed by atoms with E-state index in [2.05, 4.69) is 124 Å². The summed E-state index contributed by atoms with van der Waals surface area (Å²) in [5.41, 5.74) is 8.81. The molecule has 8 rings (SSSR count). The molecular weight excluding hydrogens is 488 g/mol. The molecule has 0 atom stereocenters. The molecule has 0 saturated carbocycles. The smallest absolute Gasteiger partial charge is 0.146 e. The molecular formula is C36H24N4. The predicted octanol–water partition coefficient (Wildman–Crippen LogP) is 8.85. The van der Waals surface area contributed by atoms with E-state index in [-0.39, 0.29) is 0 Å². The van der Waals surface area contributed by atoms with Crippen LogP contribution in [-0.2, 0) is 0 Å². The quantitative estimate of drug-likeness (QED) is 0.236. The molecule has 4 nitrogen and oxygen atoms in total. The van der Waals surface area contributed by atoms with Crippen LogP contribution in [0.15, 0.2) is 146 Å². The van der Waals surface area contributed by atoms with Crippen LogP contribution in [0, 0.1) is 0 Å². The fraction of sp³-hybridized carbons (Fsp3) is 0. The number of benzene rings is 5. The highest BCUT2D eigenvalue weighted by Crippen LogP contribution is 2.39. The van der Waals surface area contributed by atoms with E-state index in [4.69, 9.17) is 9.97 Å². The summed E-state index contributed by atoms with van der Waals surface area (Å²) in [5.74, 6) is 1.71. The summed E-state index contributed by atoms with van der Waals surface area (Å²) in [4.78, 5) is 10.1. The number of hydrogen-bond acceptors (Lipinski definition) is 2. The lowest BCUT2D eigenvalue weighted by atomic mass is 10.0. The molecule has 0 saturated heterocycles. The van der Waals surface area contributed by atoms with Gasteiger partial charge in [0.1, 0.15) is 11.6 Å². The van der Waals surface area contributed by atoms with Crippen LogP contribution in [0.2, 0.25) is 0 Å². The Morgan fingerprint density at radius 1 is 0.475 bits per heavy atom. The maximum absolute atomic E-state index is 5.39. The summed E-state index contributed by atoms with van der Waals surface area (Å²) < 4.78 is 4.52. The molecule has 3 aromatic heterocycles. The Balaban J connectivity index is 1.47. The first kappa shape index (κ1) is 22.5. The van der Waals surface area contributed by atoms with Crippen molar-refractivity contribution >= 4 is 32.8 Å². The minimum Gasteiger partial charge on any atom is -0.309 e. The topological polar surface area (TPSA) is 35.6 Å². The first-order valence-electron chi connectivity index (χ1n) is 13.4. The lowest BCUT2D eigenvalue weighted by molar-refractivity contribution is 1.03. The van der Waals surface area contributed by atoms with E-state index in [0.717, 1.165) is 55.9 Å². The van der Waals surface area contributed by atoms with Crippen molar-refractivity contribution in [2.75, 3.05) is 0 Å². The number of pyridine rings is 1. The molecule has 0 amide bonds. The molecule has 0 aliphatic rings. The highest BCUT2D eigenvalue weighted by molar-refractivity contribution is 6.20. The van der Waals surface area contributed by atoms with Crippen molar-refractivity contribution in [3.8, 4) is 34.0 Å². The molecule has 0 unspecified atom stereocenters. The van der Waals surface area contributed by atoms with Gasteiger partial charge in [-0.2, -0.15) is 0 Å². The Hall–Kier alpha value is -5.48. The molecule has 0 fully saturated rings. The molecule has 0 N–H and O–H groups in total. The van der Waals surface area contributed by atoms with Crippen LogP contribution < -0.4 is 0 Å². The van der Waals surface area contributed by atoms with Crippen molar-refractivity contribution in [3.05, 3.63) is 146 Å². The molecule has 8 aromatic rings. The molecule has 188 valence electrons. The van der Waals surface area contributed by atoms with Gasteiger partial charge in [0, 0.05) is 28.2 Å². The van der Waals surface area contributed by atoms with Gasteiger partial charge in [-0.1, -0.05) is 91.0 Å². The first-order chi connectivity index (χ1) is 19.9. The lowest BCUT2D eigenvalue weighted by Crippen LogP contribution is -2.00. The van der Waals surface area contributed by atoms with E-state index in [1.165, 1.54) is 10.9 Å². The average molecular weight is 513 g/mol. The van der Waals surface area contributed by atoms with Crippen LogP contribution >= 0.6 is 0 Å². The van der Waals surface area contributed by atoms with E-state index >= 15 is 0 Å². The minimum atomic E-state index is 0.844. The van der Waals surface area contributed by atoms with Crippen molar-refractivity contribution in [3.63, 3.8) is 0 Å². The van der Waals surface area contributed by atoms with Crippen molar-refractivity contribution < 1.29 is 0 Å². The lowest BCUT2D eigenvalue weighted by Gasteiger charge is -2.10. The number of para-hydroxylation sites is 2. The summed E-state index contributed by atoms with van der Waals surface area (Å²) in [6, 6.07) is 48.7. The van der Waals surface area contributed by atoms with Crippen molar-refractivity contribution in [1.82, 2.24) is 19.1 Å². The van der Waals surface area contributed by atoms with Gasteiger partial charge in [-0.25, -0.2) is 9.97 Å². The van der Waals surface area contributed by atoms with Crippen LogP contribution in [0.25, 0.3) is 66.9 Å². The number of rotatable bonds is 4. The van der Waals surface area contributed by atoms with Crippen LogP contribution in [0.4, 0.5) is 0 Å². The van der Waals surface area contributed by atoms with Gasteiger partial charge in [0.2, 0.25) is 0 Å². The Kier molecular flexibility index (Phi) is 5.10. The zero-order valence-corrected chi connectivity index (χ0v) is 21.6. The summed E-state index contributed by atoms with van der Waals surface area (Å²) in [7, 11) is 0. The maximum Gasteiger partial charge on any atom is 0.146 e.